The quantitative estimate of drug-likeness (QED) is 0.168. The number of aromatic nitrogens is 4. The Bertz CT molecular complexity index is 2670. The fraction of sp³-hybridized carbons (Fsp3) is 0.143. The molecule has 0 N–H and O–H groups in total. The first kappa shape index (κ1) is 30.4. The molecule has 3 aliphatic rings. The first-order valence-corrected chi connectivity index (χ1v) is 18.8. The van der Waals surface area contributed by atoms with Gasteiger partial charge in [-0.2, -0.15) is 0 Å². The van der Waals surface area contributed by atoms with Crippen LogP contribution in [0, 0.1) is 17.8 Å². The molecule has 0 amide bonds. The number of benzene rings is 6. The molecule has 3 saturated carbocycles. The molecule has 0 radical (unpaired) electrons. The molecule has 4 nitrogen and oxygen atoms in total. The van der Waals surface area contributed by atoms with E-state index in [1.165, 1.54) is 30.2 Å². The van der Waals surface area contributed by atoms with Gasteiger partial charge in [-0.25, -0.2) is 19.9 Å². The highest BCUT2D eigenvalue weighted by atomic mass is 14.9. The molecule has 53 heavy (non-hydrogen) atoms. The highest BCUT2D eigenvalue weighted by Crippen LogP contribution is 2.77. The van der Waals surface area contributed by atoms with E-state index in [4.69, 9.17) is 19.9 Å². The molecule has 0 spiro atoms. The van der Waals surface area contributed by atoms with Crippen LogP contribution in [0.15, 0.2) is 164 Å². The Balaban J connectivity index is 1.04. The minimum absolute atomic E-state index is 0.400. The number of nitrogens with zero attached hydrogens (tertiary/aromatic N) is 4. The third-order valence-electron chi connectivity index (χ3n) is 12.3. The van der Waals surface area contributed by atoms with Crippen LogP contribution in [-0.2, 0) is 5.41 Å². The van der Waals surface area contributed by atoms with Crippen molar-refractivity contribution < 1.29 is 0 Å². The van der Waals surface area contributed by atoms with Gasteiger partial charge in [-0.3, -0.25) is 0 Å². The van der Waals surface area contributed by atoms with Gasteiger partial charge in [0.1, 0.15) is 0 Å². The van der Waals surface area contributed by atoms with Gasteiger partial charge in [-0.15, -0.1) is 0 Å². The van der Waals surface area contributed by atoms with Crippen LogP contribution in [-0.4, -0.2) is 19.9 Å². The fourth-order valence-corrected chi connectivity index (χ4v) is 9.78. The van der Waals surface area contributed by atoms with Crippen molar-refractivity contribution in [1.29, 1.82) is 0 Å². The van der Waals surface area contributed by atoms with E-state index in [1.807, 2.05) is 18.2 Å². The van der Waals surface area contributed by atoms with Crippen LogP contribution in [0.1, 0.15) is 24.8 Å². The predicted octanol–water partition coefficient (Wildman–Crippen LogP) is 11.7. The number of rotatable bonds is 7. The normalized spacial score (nSPS) is 20.9. The first-order chi connectivity index (χ1) is 26.2. The van der Waals surface area contributed by atoms with E-state index in [1.54, 1.807) is 0 Å². The minimum Gasteiger partial charge on any atom is -0.228 e. The molecule has 252 valence electrons. The van der Waals surface area contributed by atoms with Crippen LogP contribution in [0.4, 0.5) is 0 Å². The van der Waals surface area contributed by atoms with Gasteiger partial charge in [-0.1, -0.05) is 140 Å². The second-order valence-corrected chi connectivity index (χ2v) is 15.2. The van der Waals surface area contributed by atoms with Gasteiger partial charge in [0.2, 0.25) is 0 Å². The van der Waals surface area contributed by atoms with Crippen LogP contribution in [0.5, 0.6) is 0 Å². The molecule has 2 unspecified atom stereocenters. The lowest BCUT2D eigenvalue weighted by atomic mass is 9.28. The van der Waals surface area contributed by atoms with Gasteiger partial charge < -0.3 is 0 Å². The molecule has 8 aromatic rings. The standard InChI is InChI=1S/C49H36N4/c1-3-13-32(14-4-1)42-27-43(35-19-10-21-39(26-35)49-29-37-25-38(30-49)46(37)49)52-48(50-42)36-20-9-18-34(24-36)44-28-45(53-47(51-44)33-15-5-2-6-16-33)41-23-11-17-31-12-7-8-22-40(31)41/h1-24,26-28,37-38,46H,25,29-30H2. The van der Waals surface area contributed by atoms with Crippen molar-refractivity contribution in [2.45, 2.75) is 24.7 Å². The Morgan fingerprint density at radius 3 is 1.68 bits per heavy atom. The van der Waals surface area contributed by atoms with Crippen LogP contribution in [0.25, 0.3) is 78.6 Å². The van der Waals surface area contributed by atoms with Crippen LogP contribution < -0.4 is 0 Å². The van der Waals surface area contributed by atoms with Crippen molar-refractivity contribution in [2.75, 3.05) is 0 Å². The molecule has 0 aliphatic heterocycles. The summed E-state index contributed by atoms with van der Waals surface area (Å²) in [5.74, 6) is 4.22. The van der Waals surface area contributed by atoms with Crippen molar-refractivity contribution in [2.24, 2.45) is 17.8 Å². The summed E-state index contributed by atoms with van der Waals surface area (Å²) in [5, 5.41) is 2.35. The minimum atomic E-state index is 0.400. The first-order valence-electron chi connectivity index (χ1n) is 18.8. The molecule has 2 aromatic heterocycles. The third-order valence-corrected chi connectivity index (χ3v) is 12.3. The van der Waals surface area contributed by atoms with E-state index in [9.17, 15) is 0 Å². The molecular formula is C49H36N4. The van der Waals surface area contributed by atoms with Crippen molar-refractivity contribution in [3.05, 3.63) is 169 Å². The molecule has 0 bridgehead atoms. The Morgan fingerprint density at radius 2 is 0.943 bits per heavy atom. The molecule has 3 fully saturated rings. The lowest BCUT2D eigenvalue weighted by molar-refractivity contribution is -0.219. The van der Waals surface area contributed by atoms with E-state index in [-0.39, 0.29) is 0 Å². The summed E-state index contributed by atoms with van der Waals surface area (Å²) < 4.78 is 0. The monoisotopic (exact) mass is 680 g/mol. The number of hydrogen-bond acceptors (Lipinski definition) is 4. The summed E-state index contributed by atoms with van der Waals surface area (Å²) in [6, 6.07) is 57.5. The van der Waals surface area contributed by atoms with Gasteiger partial charge in [0.15, 0.2) is 11.6 Å². The van der Waals surface area contributed by atoms with E-state index in [2.05, 4.69) is 146 Å². The topological polar surface area (TPSA) is 51.6 Å². The van der Waals surface area contributed by atoms with Gasteiger partial charge in [0, 0.05) is 33.4 Å². The molecule has 2 heterocycles. The lowest BCUT2D eigenvalue weighted by Crippen LogP contribution is -2.71. The molecule has 3 aliphatic carbocycles. The zero-order valence-corrected chi connectivity index (χ0v) is 29.2. The summed E-state index contributed by atoms with van der Waals surface area (Å²) in [4.78, 5) is 20.8. The Hall–Kier alpha value is -6.26. The molecule has 4 heteroatoms. The maximum Gasteiger partial charge on any atom is 0.160 e. The Labute approximate surface area is 309 Å². The largest absolute Gasteiger partial charge is 0.228 e. The Morgan fingerprint density at radius 1 is 0.415 bits per heavy atom. The molecule has 2 atom stereocenters. The van der Waals surface area contributed by atoms with Gasteiger partial charge >= 0.3 is 0 Å². The zero-order chi connectivity index (χ0) is 34.9. The van der Waals surface area contributed by atoms with E-state index < -0.39 is 0 Å². The maximum absolute atomic E-state index is 5.28. The average molecular weight is 681 g/mol. The average Bonchev–Trinajstić information content (AvgIpc) is 3.23. The van der Waals surface area contributed by atoms with Gasteiger partial charge in [0.25, 0.3) is 0 Å². The predicted molar refractivity (Wildman–Crippen MR) is 214 cm³/mol. The summed E-state index contributed by atoms with van der Waals surface area (Å²) >= 11 is 0. The molecule has 0 saturated heterocycles. The van der Waals surface area contributed by atoms with Crippen molar-refractivity contribution in [1.82, 2.24) is 19.9 Å². The van der Waals surface area contributed by atoms with Crippen molar-refractivity contribution >= 4 is 10.8 Å². The summed E-state index contributed by atoms with van der Waals surface area (Å²) in [5.41, 5.74) is 11.7. The van der Waals surface area contributed by atoms with Gasteiger partial charge in [-0.05, 0) is 83.0 Å². The smallest absolute Gasteiger partial charge is 0.160 e. The van der Waals surface area contributed by atoms with Gasteiger partial charge in [0.05, 0.1) is 22.8 Å². The molecule has 6 aromatic carbocycles. The zero-order valence-electron chi connectivity index (χ0n) is 29.2. The summed E-state index contributed by atoms with van der Waals surface area (Å²) in [6.07, 6.45) is 4.16. The van der Waals surface area contributed by atoms with Crippen molar-refractivity contribution in [3.8, 4) is 67.8 Å². The molecular weight excluding hydrogens is 645 g/mol. The SMILES string of the molecule is c1ccc(-c2cc(-c3cccc(C45CC6CC(C4)C65)c3)nc(-c3cccc(-c4cc(-c5cccc6ccccc56)nc(-c5ccccc5)n4)c3)n2)cc1. The second kappa shape index (κ2) is 11.9. The third kappa shape index (κ3) is 4.97. The highest BCUT2D eigenvalue weighted by Gasteiger charge is 2.71. The van der Waals surface area contributed by atoms with Crippen molar-refractivity contribution in [3.63, 3.8) is 0 Å². The lowest BCUT2D eigenvalue weighted by Gasteiger charge is -2.76. The van der Waals surface area contributed by atoms with E-state index in [0.717, 1.165) is 79.3 Å². The maximum atomic E-state index is 5.28. The van der Waals surface area contributed by atoms with Crippen LogP contribution in [0.3, 0.4) is 0 Å². The van der Waals surface area contributed by atoms with E-state index in [0.29, 0.717) is 17.1 Å². The van der Waals surface area contributed by atoms with Crippen LogP contribution in [0.2, 0.25) is 0 Å². The fourth-order valence-electron chi connectivity index (χ4n) is 9.78. The van der Waals surface area contributed by atoms with E-state index >= 15 is 0 Å². The Kier molecular flexibility index (Phi) is 6.82. The summed E-state index contributed by atoms with van der Waals surface area (Å²) in [6.45, 7) is 0. The second-order valence-electron chi connectivity index (χ2n) is 15.2. The highest BCUT2D eigenvalue weighted by molar-refractivity contribution is 5.96. The van der Waals surface area contributed by atoms with Crippen LogP contribution >= 0.6 is 0 Å². The molecule has 11 rings (SSSR count). The number of fused-ring (bicyclic) bond motifs is 1. The number of hydrogen-bond donors (Lipinski definition) is 0. The summed E-state index contributed by atoms with van der Waals surface area (Å²) in [7, 11) is 0.